The van der Waals surface area contributed by atoms with Gasteiger partial charge in [0.2, 0.25) is 0 Å². The van der Waals surface area contributed by atoms with Crippen molar-refractivity contribution in [1.82, 2.24) is 0 Å². The molecule has 0 aliphatic rings. The van der Waals surface area contributed by atoms with Gasteiger partial charge in [-0.15, -0.1) is 0 Å². The maximum absolute atomic E-state index is 13.4. The fourth-order valence-electron chi connectivity index (χ4n) is 2.08. The van der Waals surface area contributed by atoms with Gasteiger partial charge in [0.05, 0.1) is 6.04 Å². The Kier molecular flexibility index (Phi) is 3.83. The molecule has 94 valence electrons. The van der Waals surface area contributed by atoms with Gasteiger partial charge in [0.1, 0.15) is 5.82 Å². The summed E-state index contributed by atoms with van der Waals surface area (Å²) in [4.78, 5) is 0. The Morgan fingerprint density at radius 2 is 1.50 bits per heavy atom. The third-order valence-electron chi connectivity index (χ3n) is 2.85. The van der Waals surface area contributed by atoms with Gasteiger partial charge in [0, 0.05) is 4.47 Å². The normalized spacial score (nSPS) is 12.5. The van der Waals surface area contributed by atoms with Crippen LogP contribution in [0.15, 0.2) is 40.9 Å². The van der Waals surface area contributed by atoms with Crippen LogP contribution in [0, 0.1) is 19.7 Å². The second-order valence-corrected chi connectivity index (χ2v) is 5.52. The van der Waals surface area contributed by atoms with E-state index in [4.69, 9.17) is 5.73 Å². The van der Waals surface area contributed by atoms with Crippen molar-refractivity contribution in [3.05, 3.63) is 68.9 Å². The molecule has 18 heavy (non-hydrogen) atoms. The Labute approximate surface area is 115 Å². The third-order valence-corrected chi connectivity index (χ3v) is 3.30. The maximum Gasteiger partial charge on any atom is 0.123 e. The van der Waals surface area contributed by atoms with Gasteiger partial charge in [-0.2, -0.15) is 0 Å². The van der Waals surface area contributed by atoms with Gasteiger partial charge < -0.3 is 5.73 Å². The highest BCUT2D eigenvalue weighted by atomic mass is 79.9. The molecule has 3 heteroatoms. The first-order chi connectivity index (χ1) is 8.45. The molecule has 0 aliphatic heterocycles. The molecule has 2 aromatic carbocycles. The summed E-state index contributed by atoms with van der Waals surface area (Å²) in [7, 11) is 0. The van der Waals surface area contributed by atoms with Gasteiger partial charge in [-0.05, 0) is 60.4 Å². The number of rotatable bonds is 2. The Bertz CT molecular complexity index is 489. The zero-order valence-corrected chi connectivity index (χ0v) is 12.0. The lowest BCUT2D eigenvalue weighted by molar-refractivity contribution is 0.622. The summed E-state index contributed by atoms with van der Waals surface area (Å²) >= 11 is 3.45. The van der Waals surface area contributed by atoms with E-state index >= 15 is 0 Å². The second kappa shape index (κ2) is 5.21. The predicted octanol–water partition coefficient (Wildman–Crippen LogP) is 4.25. The first-order valence-corrected chi connectivity index (χ1v) is 6.55. The molecule has 1 atom stereocenters. The fourth-order valence-corrected chi connectivity index (χ4v) is 2.71. The fraction of sp³-hybridized carbons (Fsp3) is 0.200. The molecule has 1 unspecified atom stereocenters. The van der Waals surface area contributed by atoms with Gasteiger partial charge in [-0.1, -0.05) is 28.1 Å². The van der Waals surface area contributed by atoms with Crippen molar-refractivity contribution in [2.75, 3.05) is 0 Å². The summed E-state index contributed by atoms with van der Waals surface area (Å²) < 4.78 is 14.4. The van der Waals surface area contributed by atoms with Crippen molar-refractivity contribution in [2.24, 2.45) is 5.73 Å². The Morgan fingerprint density at radius 3 is 2.06 bits per heavy atom. The zero-order valence-electron chi connectivity index (χ0n) is 10.4. The monoisotopic (exact) mass is 307 g/mol. The first kappa shape index (κ1) is 13.2. The number of hydrogen-bond donors (Lipinski definition) is 1. The van der Waals surface area contributed by atoms with Crippen LogP contribution in [0.2, 0.25) is 0 Å². The Hall–Kier alpha value is -1.19. The lowest BCUT2D eigenvalue weighted by atomic mass is 9.97. The summed E-state index contributed by atoms with van der Waals surface area (Å²) in [5.74, 6) is -0.243. The summed E-state index contributed by atoms with van der Waals surface area (Å²) in [5.41, 5.74) is 9.99. The minimum atomic E-state index is -0.310. The first-order valence-electron chi connectivity index (χ1n) is 5.75. The summed E-state index contributed by atoms with van der Waals surface area (Å²) in [6.07, 6.45) is 0. The van der Waals surface area contributed by atoms with E-state index in [1.807, 2.05) is 38.1 Å². The molecule has 0 fully saturated rings. The van der Waals surface area contributed by atoms with E-state index < -0.39 is 0 Å². The molecule has 0 heterocycles. The predicted molar refractivity (Wildman–Crippen MR) is 76.0 cm³/mol. The van der Waals surface area contributed by atoms with Gasteiger partial charge in [0.25, 0.3) is 0 Å². The molecular weight excluding hydrogens is 293 g/mol. The molecule has 0 amide bonds. The second-order valence-electron chi connectivity index (χ2n) is 4.60. The van der Waals surface area contributed by atoms with E-state index in [2.05, 4.69) is 15.9 Å². The Balaban J connectivity index is 2.43. The van der Waals surface area contributed by atoms with Gasteiger partial charge in [0.15, 0.2) is 0 Å². The SMILES string of the molecule is Cc1cc(F)cc(C(N)c2cc(C)cc(Br)c2)c1. The molecule has 2 N–H and O–H groups in total. The lowest BCUT2D eigenvalue weighted by Crippen LogP contribution is -2.12. The van der Waals surface area contributed by atoms with Crippen molar-refractivity contribution in [2.45, 2.75) is 19.9 Å². The van der Waals surface area contributed by atoms with Crippen molar-refractivity contribution in [3.63, 3.8) is 0 Å². The van der Waals surface area contributed by atoms with E-state index in [1.54, 1.807) is 0 Å². The zero-order chi connectivity index (χ0) is 13.3. The van der Waals surface area contributed by atoms with Crippen molar-refractivity contribution in [3.8, 4) is 0 Å². The summed E-state index contributed by atoms with van der Waals surface area (Å²) in [6, 6.07) is 10.6. The molecule has 2 rings (SSSR count). The van der Waals surface area contributed by atoms with Gasteiger partial charge in [-0.3, -0.25) is 0 Å². The topological polar surface area (TPSA) is 26.0 Å². The molecule has 1 nitrogen and oxygen atoms in total. The average Bonchev–Trinajstić information content (AvgIpc) is 2.25. The third kappa shape index (κ3) is 2.98. The molecule has 0 saturated carbocycles. The van der Waals surface area contributed by atoms with Crippen LogP contribution in [-0.2, 0) is 0 Å². The lowest BCUT2D eigenvalue weighted by Gasteiger charge is -2.15. The van der Waals surface area contributed by atoms with Crippen LogP contribution in [0.3, 0.4) is 0 Å². The van der Waals surface area contributed by atoms with Crippen LogP contribution in [0.4, 0.5) is 4.39 Å². The minimum absolute atomic E-state index is 0.243. The van der Waals surface area contributed by atoms with Crippen molar-refractivity contribution in [1.29, 1.82) is 0 Å². The smallest absolute Gasteiger partial charge is 0.123 e. The van der Waals surface area contributed by atoms with Crippen LogP contribution in [0.5, 0.6) is 0 Å². The summed E-state index contributed by atoms with van der Waals surface area (Å²) in [6.45, 7) is 3.88. The maximum atomic E-state index is 13.4. The number of aryl methyl sites for hydroxylation is 2. The van der Waals surface area contributed by atoms with Crippen LogP contribution in [0.25, 0.3) is 0 Å². The highest BCUT2D eigenvalue weighted by Gasteiger charge is 2.11. The molecule has 0 aromatic heterocycles. The van der Waals surface area contributed by atoms with Gasteiger partial charge in [-0.25, -0.2) is 4.39 Å². The molecule has 0 bridgehead atoms. The largest absolute Gasteiger partial charge is 0.320 e. The van der Waals surface area contributed by atoms with Crippen LogP contribution in [0.1, 0.15) is 28.3 Å². The molecule has 0 spiro atoms. The van der Waals surface area contributed by atoms with E-state index in [9.17, 15) is 4.39 Å². The van der Waals surface area contributed by atoms with Crippen molar-refractivity contribution >= 4 is 15.9 Å². The number of nitrogens with two attached hydrogens (primary N) is 1. The molecular formula is C15H15BrFN. The van der Waals surface area contributed by atoms with E-state index in [1.165, 1.54) is 12.1 Å². The number of hydrogen-bond acceptors (Lipinski definition) is 1. The quantitative estimate of drug-likeness (QED) is 0.881. The number of benzene rings is 2. The van der Waals surface area contributed by atoms with Crippen LogP contribution in [-0.4, -0.2) is 0 Å². The van der Waals surface area contributed by atoms with Crippen LogP contribution < -0.4 is 5.73 Å². The average molecular weight is 308 g/mol. The summed E-state index contributed by atoms with van der Waals surface area (Å²) in [5, 5.41) is 0. The minimum Gasteiger partial charge on any atom is -0.320 e. The van der Waals surface area contributed by atoms with Gasteiger partial charge >= 0.3 is 0 Å². The van der Waals surface area contributed by atoms with E-state index in [0.717, 1.165) is 26.7 Å². The standard InChI is InChI=1S/C15H15BrFN/c1-9-3-11(7-13(16)5-9)15(18)12-4-10(2)6-14(17)8-12/h3-8,15H,18H2,1-2H3. The van der Waals surface area contributed by atoms with E-state index in [0.29, 0.717) is 0 Å². The molecule has 0 aliphatic carbocycles. The van der Waals surface area contributed by atoms with Crippen molar-refractivity contribution < 1.29 is 4.39 Å². The highest BCUT2D eigenvalue weighted by Crippen LogP contribution is 2.25. The van der Waals surface area contributed by atoms with E-state index in [-0.39, 0.29) is 11.9 Å². The molecule has 0 radical (unpaired) electrons. The van der Waals surface area contributed by atoms with Crippen LogP contribution >= 0.6 is 15.9 Å². The molecule has 0 saturated heterocycles. The molecule has 2 aromatic rings. The number of halogens is 2. The highest BCUT2D eigenvalue weighted by molar-refractivity contribution is 9.10. The Morgan fingerprint density at radius 1 is 0.944 bits per heavy atom.